The number of nitrogens with zero attached hydrogens (tertiary/aromatic N) is 1. The molecule has 0 bridgehead atoms. The fourth-order valence-electron chi connectivity index (χ4n) is 4.06. The lowest BCUT2D eigenvalue weighted by Gasteiger charge is -2.32. The van der Waals surface area contributed by atoms with Crippen LogP contribution in [0.15, 0.2) is 54.6 Å². The molecule has 1 amide bonds. The first kappa shape index (κ1) is 21.3. The fraction of sp³-hybridized carbons (Fsp3) is 0.458. The molecule has 2 N–H and O–H groups in total. The van der Waals surface area contributed by atoms with Gasteiger partial charge in [-0.05, 0) is 36.8 Å². The molecule has 5 heteroatoms. The number of aliphatic hydroxyl groups is 1. The highest BCUT2D eigenvalue weighted by Crippen LogP contribution is 2.17. The fourth-order valence-corrected chi connectivity index (χ4v) is 4.06. The molecule has 1 saturated heterocycles. The summed E-state index contributed by atoms with van der Waals surface area (Å²) in [7, 11) is 0. The monoisotopic (exact) mass is 397 g/mol. The Morgan fingerprint density at radius 1 is 1.07 bits per heavy atom. The van der Waals surface area contributed by atoms with Crippen LogP contribution in [-0.2, 0) is 17.9 Å². The van der Waals surface area contributed by atoms with Gasteiger partial charge in [-0.3, -0.25) is 4.79 Å². The van der Waals surface area contributed by atoms with E-state index in [1.807, 2.05) is 54.3 Å². The Hall–Kier alpha value is -2.37. The summed E-state index contributed by atoms with van der Waals surface area (Å²) in [5, 5.41) is 9.41. The number of hydrogen-bond donors (Lipinski definition) is 2. The lowest BCUT2D eigenvalue weighted by molar-refractivity contribution is -0.919. The van der Waals surface area contributed by atoms with E-state index in [2.05, 4.69) is 12.1 Å². The number of quaternary nitrogens is 1. The lowest BCUT2D eigenvalue weighted by Crippen LogP contribution is -3.11. The van der Waals surface area contributed by atoms with Gasteiger partial charge in [0.1, 0.15) is 12.3 Å². The number of hydrogen-bond acceptors (Lipinski definition) is 3. The topological polar surface area (TPSA) is 54.2 Å². The summed E-state index contributed by atoms with van der Waals surface area (Å²) in [6, 6.07) is 18.3. The maximum absolute atomic E-state index is 13.0. The SMILES string of the molecule is CCOc1ccc(C[NH+]2CCC(C(=O)N(CCO)Cc3ccccc3)CC2)cc1. The molecule has 0 aliphatic carbocycles. The van der Waals surface area contributed by atoms with Crippen molar-refractivity contribution in [3.63, 3.8) is 0 Å². The van der Waals surface area contributed by atoms with Gasteiger partial charge in [-0.2, -0.15) is 0 Å². The molecule has 0 saturated carbocycles. The van der Waals surface area contributed by atoms with Crippen molar-refractivity contribution in [3.8, 4) is 5.75 Å². The van der Waals surface area contributed by atoms with Crippen molar-refractivity contribution < 1.29 is 19.5 Å². The molecule has 0 aromatic heterocycles. The van der Waals surface area contributed by atoms with E-state index in [0.29, 0.717) is 19.7 Å². The number of piperidine rings is 1. The Kier molecular flexibility index (Phi) is 8.08. The molecule has 2 aromatic rings. The average Bonchev–Trinajstić information content (AvgIpc) is 2.76. The minimum atomic E-state index is 0.000406. The maximum Gasteiger partial charge on any atom is 0.226 e. The normalized spacial score (nSPS) is 19.0. The van der Waals surface area contributed by atoms with Crippen molar-refractivity contribution in [2.45, 2.75) is 32.9 Å². The average molecular weight is 398 g/mol. The van der Waals surface area contributed by atoms with Gasteiger partial charge in [0.15, 0.2) is 0 Å². The largest absolute Gasteiger partial charge is 0.494 e. The molecular formula is C24H33N2O3+. The summed E-state index contributed by atoms with van der Waals surface area (Å²) in [5.41, 5.74) is 2.41. The molecule has 3 rings (SSSR count). The highest BCUT2D eigenvalue weighted by atomic mass is 16.5. The maximum atomic E-state index is 13.0. The van der Waals surface area contributed by atoms with E-state index in [1.54, 1.807) is 0 Å². The highest BCUT2D eigenvalue weighted by Gasteiger charge is 2.30. The minimum absolute atomic E-state index is 0.000406. The van der Waals surface area contributed by atoms with Crippen molar-refractivity contribution in [3.05, 3.63) is 65.7 Å². The third-order valence-electron chi connectivity index (χ3n) is 5.63. The molecule has 5 nitrogen and oxygen atoms in total. The summed E-state index contributed by atoms with van der Waals surface area (Å²) in [5.74, 6) is 1.16. The van der Waals surface area contributed by atoms with Crippen LogP contribution in [0.25, 0.3) is 0 Å². The van der Waals surface area contributed by atoms with Crippen LogP contribution < -0.4 is 9.64 Å². The zero-order chi connectivity index (χ0) is 20.5. The van der Waals surface area contributed by atoms with Crippen LogP contribution in [0.5, 0.6) is 5.75 Å². The van der Waals surface area contributed by atoms with Gasteiger partial charge in [-0.1, -0.05) is 30.3 Å². The van der Waals surface area contributed by atoms with E-state index in [9.17, 15) is 9.90 Å². The predicted molar refractivity (Wildman–Crippen MR) is 114 cm³/mol. The summed E-state index contributed by atoms with van der Waals surface area (Å²) >= 11 is 0. The molecule has 29 heavy (non-hydrogen) atoms. The lowest BCUT2D eigenvalue weighted by atomic mass is 9.94. The van der Waals surface area contributed by atoms with Crippen LogP contribution >= 0.6 is 0 Å². The Morgan fingerprint density at radius 2 is 1.76 bits per heavy atom. The standard InChI is InChI=1S/C24H32N2O3/c1-2-29-23-10-8-21(9-11-23)18-25-14-12-22(13-15-25)24(28)26(16-17-27)19-20-6-4-3-5-7-20/h3-11,22,27H,2,12-19H2,1H3/p+1. The second-order valence-electron chi connectivity index (χ2n) is 7.75. The number of likely N-dealkylation sites (tertiary alicyclic amines) is 1. The highest BCUT2D eigenvalue weighted by molar-refractivity contribution is 5.79. The van der Waals surface area contributed by atoms with Crippen LogP contribution in [0.4, 0.5) is 0 Å². The van der Waals surface area contributed by atoms with Gasteiger partial charge in [-0.25, -0.2) is 0 Å². The minimum Gasteiger partial charge on any atom is -0.494 e. The molecule has 1 heterocycles. The molecule has 1 aliphatic rings. The number of benzene rings is 2. The number of carbonyl (C=O) groups is 1. The van der Waals surface area contributed by atoms with E-state index < -0.39 is 0 Å². The van der Waals surface area contributed by atoms with Gasteiger partial charge in [-0.15, -0.1) is 0 Å². The van der Waals surface area contributed by atoms with Crippen molar-refractivity contribution in [2.24, 2.45) is 5.92 Å². The van der Waals surface area contributed by atoms with E-state index >= 15 is 0 Å². The predicted octanol–water partition coefficient (Wildman–Crippen LogP) is 1.90. The number of nitrogens with one attached hydrogen (secondary N) is 1. The van der Waals surface area contributed by atoms with Crippen LogP contribution in [0, 0.1) is 5.92 Å². The molecule has 0 spiro atoms. The number of rotatable bonds is 9. The summed E-state index contributed by atoms with van der Waals surface area (Å²) in [4.78, 5) is 16.4. The van der Waals surface area contributed by atoms with E-state index in [0.717, 1.165) is 43.8 Å². The molecule has 1 fully saturated rings. The number of carbonyl (C=O) groups excluding carboxylic acids is 1. The Balaban J connectivity index is 1.51. The third kappa shape index (κ3) is 6.31. The molecule has 0 atom stereocenters. The molecule has 2 aromatic carbocycles. The van der Waals surface area contributed by atoms with Crippen LogP contribution in [-0.4, -0.2) is 48.8 Å². The van der Waals surface area contributed by atoms with E-state index in [-0.39, 0.29) is 18.4 Å². The zero-order valence-corrected chi connectivity index (χ0v) is 17.3. The van der Waals surface area contributed by atoms with Crippen molar-refractivity contribution in [1.29, 1.82) is 0 Å². The molecule has 1 aliphatic heterocycles. The van der Waals surface area contributed by atoms with Crippen LogP contribution in [0.3, 0.4) is 0 Å². The Labute approximate surface area is 173 Å². The summed E-state index contributed by atoms with van der Waals surface area (Å²) < 4.78 is 5.51. The first-order valence-corrected chi connectivity index (χ1v) is 10.7. The van der Waals surface area contributed by atoms with E-state index in [1.165, 1.54) is 10.5 Å². The number of ether oxygens (including phenoxy) is 1. The van der Waals surface area contributed by atoms with Crippen molar-refractivity contribution in [1.82, 2.24) is 4.90 Å². The second kappa shape index (κ2) is 11.0. The second-order valence-corrected chi connectivity index (χ2v) is 7.75. The number of aliphatic hydroxyl groups excluding tert-OH is 1. The van der Waals surface area contributed by atoms with Gasteiger partial charge in [0.2, 0.25) is 5.91 Å². The van der Waals surface area contributed by atoms with Crippen LogP contribution in [0.1, 0.15) is 30.9 Å². The molecule has 156 valence electrons. The van der Waals surface area contributed by atoms with E-state index in [4.69, 9.17) is 4.74 Å². The van der Waals surface area contributed by atoms with Crippen molar-refractivity contribution in [2.75, 3.05) is 32.8 Å². The molecule has 0 radical (unpaired) electrons. The van der Waals surface area contributed by atoms with Gasteiger partial charge in [0.25, 0.3) is 0 Å². The first-order valence-electron chi connectivity index (χ1n) is 10.7. The Morgan fingerprint density at radius 3 is 2.38 bits per heavy atom. The Bertz CT molecular complexity index is 740. The summed E-state index contributed by atoms with van der Waals surface area (Å²) in [6.45, 7) is 6.63. The van der Waals surface area contributed by atoms with Crippen LogP contribution in [0.2, 0.25) is 0 Å². The van der Waals surface area contributed by atoms with Gasteiger partial charge >= 0.3 is 0 Å². The molecule has 0 unspecified atom stereocenters. The van der Waals surface area contributed by atoms with Crippen molar-refractivity contribution >= 4 is 5.91 Å². The van der Waals surface area contributed by atoms with Gasteiger partial charge < -0.3 is 19.6 Å². The zero-order valence-electron chi connectivity index (χ0n) is 17.3. The number of amides is 1. The first-order chi connectivity index (χ1) is 14.2. The third-order valence-corrected chi connectivity index (χ3v) is 5.63. The molecular weight excluding hydrogens is 364 g/mol. The summed E-state index contributed by atoms with van der Waals surface area (Å²) in [6.07, 6.45) is 1.81. The quantitative estimate of drug-likeness (QED) is 0.680. The van der Waals surface area contributed by atoms with Gasteiger partial charge in [0.05, 0.1) is 26.3 Å². The smallest absolute Gasteiger partial charge is 0.226 e. The van der Waals surface area contributed by atoms with Gasteiger partial charge in [0, 0.05) is 37.4 Å².